The number of carboxylic acid groups (broad SMARTS) is 2. The van der Waals surface area contributed by atoms with E-state index in [0.717, 1.165) is 0 Å². The Morgan fingerprint density at radius 2 is 1.20 bits per heavy atom. The van der Waals surface area contributed by atoms with Crippen molar-refractivity contribution in [2.24, 2.45) is 0 Å². The first-order valence-electron chi connectivity index (χ1n) is 2.65. The molecule has 10 nitrogen and oxygen atoms in total. The maximum absolute atomic E-state index is 9.90. The van der Waals surface area contributed by atoms with Gasteiger partial charge in [0.05, 0.1) is 0 Å². The number of carbonyl (C=O) groups is 3. The first-order chi connectivity index (χ1) is 5.93. The summed E-state index contributed by atoms with van der Waals surface area (Å²) in [7, 11) is 0. The molecule has 11 heteroatoms. The molecule has 15 heavy (non-hydrogen) atoms. The third-order valence-electron chi connectivity index (χ3n) is 0.833. The quantitative estimate of drug-likeness (QED) is 0.310. The Morgan fingerprint density at radius 3 is 1.33 bits per heavy atom. The van der Waals surface area contributed by atoms with Crippen LogP contribution in [0.25, 0.3) is 0 Å². The van der Waals surface area contributed by atoms with Crippen molar-refractivity contribution < 1.29 is 49.0 Å². The van der Waals surface area contributed by atoms with Gasteiger partial charge in [0.1, 0.15) is 0 Å². The third-order valence-corrected chi connectivity index (χ3v) is 0.833. The van der Waals surface area contributed by atoms with E-state index in [0.29, 0.717) is 0 Å². The summed E-state index contributed by atoms with van der Waals surface area (Å²) in [6, 6.07) is 0. The number of ether oxygens (including phenoxy) is 4. The summed E-state index contributed by atoms with van der Waals surface area (Å²) in [4.78, 5) is 28.1. The fourth-order valence-electron chi connectivity index (χ4n) is 0.507. The summed E-state index contributed by atoms with van der Waals surface area (Å²) in [6.07, 6.45) is -5.97. The van der Waals surface area contributed by atoms with Gasteiger partial charge in [0.15, 0.2) is 0 Å². The molecule has 0 aromatic rings. The average Bonchev–Trinajstić information content (AvgIpc) is 1.79. The molecule has 0 saturated carbocycles. The molecular weight excluding hydrogens is 248 g/mol. The van der Waals surface area contributed by atoms with Crippen LogP contribution in [-0.4, -0.2) is 67.8 Å². The van der Waals surface area contributed by atoms with E-state index < -0.39 is 24.6 Å². The van der Waals surface area contributed by atoms with Crippen molar-refractivity contribution in [3.05, 3.63) is 0 Å². The minimum Gasteiger partial charge on any atom is -0.652 e. The molecule has 2 rings (SSSR count). The molecule has 0 atom stereocenters. The predicted molar refractivity (Wildman–Crippen MR) is 32.6 cm³/mol. The van der Waals surface area contributed by atoms with Crippen LogP contribution in [0.15, 0.2) is 0 Å². The van der Waals surface area contributed by atoms with Crippen molar-refractivity contribution in [2.75, 3.05) is 0 Å². The summed E-state index contributed by atoms with van der Waals surface area (Å²) in [6.45, 7) is 0. The zero-order valence-corrected chi connectivity index (χ0v) is 9.09. The van der Waals surface area contributed by atoms with Gasteiger partial charge in [-0.25, -0.2) is 9.59 Å². The summed E-state index contributed by atoms with van der Waals surface area (Å²) in [5.74, 6) is 0. The van der Waals surface area contributed by atoms with Crippen LogP contribution in [0.1, 0.15) is 0 Å². The molecule has 2 saturated heterocycles. The van der Waals surface area contributed by atoms with E-state index in [4.69, 9.17) is 15.0 Å². The Balaban J connectivity index is 0. The van der Waals surface area contributed by atoms with E-state index >= 15 is 0 Å². The van der Waals surface area contributed by atoms with Crippen molar-refractivity contribution in [1.29, 1.82) is 0 Å². The third kappa shape index (κ3) is 4.38. The van der Waals surface area contributed by atoms with Gasteiger partial charge in [-0.15, -0.1) is 0 Å². The summed E-state index contributed by atoms with van der Waals surface area (Å²) >= 11 is 0. The number of rotatable bonds is 0. The standard InChI is InChI=1S/C3O6.CH2O3.Ca.H2O/c4-1-6-3(7-1)8-2(5)9-3;2-1(3)4;;/h;(H2,2,3,4);;1H2/q;;+2;/p-2. The van der Waals surface area contributed by atoms with Crippen molar-refractivity contribution in [1.82, 2.24) is 0 Å². The van der Waals surface area contributed by atoms with E-state index in [1.165, 1.54) is 0 Å². The van der Waals surface area contributed by atoms with Crippen LogP contribution < -0.4 is 10.2 Å². The summed E-state index contributed by atoms with van der Waals surface area (Å²) in [5.41, 5.74) is 0. The van der Waals surface area contributed by atoms with Gasteiger partial charge in [-0.1, -0.05) is 0 Å². The van der Waals surface area contributed by atoms with Crippen LogP contribution in [0.2, 0.25) is 0 Å². The Morgan fingerprint density at radius 1 is 1.00 bits per heavy atom. The maximum atomic E-state index is 9.90. The average molecular weight is 250 g/mol. The normalized spacial score (nSPS) is 17.3. The van der Waals surface area contributed by atoms with Crippen LogP contribution in [0.4, 0.5) is 14.4 Å². The maximum Gasteiger partial charge on any atom is 2.00 e. The van der Waals surface area contributed by atoms with Crippen molar-refractivity contribution in [3.8, 4) is 0 Å². The van der Waals surface area contributed by atoms with Gasteiger partial charge >= 0.3 is 56.2 Å². The van der Waals surface area contributed by atoms with Crippen molar-refractivity contribution >= 4 is 56.2 Å². The van der Waals surface area contributed by atoms with E-state index in [-0.39, 0.29) is 43.2 Å². The summed E-state index contributed by atoms with van der Waals surface area (Å²) < 4.78 is 16.4. The molecule has 2 N–H and O–H groups in total. The SMILES string of the molecule is O.O=C([O-])[O-].O=C1OC2(O1)OC(=O)O2.[Ca+2]. The van der Waals surface area contributed by atoms with Gasteiger partial charge in [0, 0.05) is 0 Å². The van der Waals surface area contributed by atoms with Crippen LogP contribution in [0.3, 0.4) is 0 Å². The van der Waals surface area contributed by atoms with Crippen molar-refractivity contribution in [3.63, 3.8) is 0 Å². The monoisotopic (exact) mass is 250 g/mol. The van der Waals surface area contributed by atoms with Crippen LogP contribution in [-0.2, 0) is 18.9 Å². The molecule has 2 aliphatic rings. The number of carbonyl (C=O) groups excluding carboxylic acids is 3. The molecule has 2 heterocycles. The van der Waals surface area contributed by atoms with Gasteiger partial charge in [-0.05, 0) is 6.16 Å². The smallest absolute Gasteiger partial charge is 0.652 e. The molecule has 0 amide bonds. The summed E-state index contributed by atoms with van der Waals surface area (Å²) in [5, 5.41) is 16.7. The molecule has 0 aliphatic carbocycles. The molecule has 2 fully saturated rings. The molecule has 0 radical (unpaired) electrons. The van der Waals surface area contributed by atoms with Gasteiger partial charge in [-0.3, -0.25) is 0 Å². The van der Waals surface area contributed by atoms with Gasteiger partial charge in [-0.2, -0.15) is 0 Å². The zero-order chi connectivity index (χ0) is 10.1. The van der Waals surface area contributed by atoms with E-state index in [1.54, 1.807) is 0 Å². The van der Waals surface area contributed by atoms with Crippen LogP contribution >= 0.6 is 0 Å². The second kappa shape index (κ2) is 5.80. The topological polar surface area (TPSA) is 166 Å². The largest absolute Gasteiger partial charge is 2.00 e. The number of hydrogen-bond acceptors (Lipinski definition) is 9. The fraction of sp³-hybridized carbons (Fsp3) is 0.250. The van der Waals surface area contributed by atoms with Crippen LogP contribution in [0.5, 0.6) is 0 Å². The Bertz CT molecular complexity index is 227. The van der Waals surface area contributed by atoms with Crippen molar-refractivity contribution in [2.45, 2.75) is 6.16 Å². The molecule has 2 aliphatic heterocycles. The van der Waals surface area contributed by atoms with E-state index in [1.807, 2.05) is 0 Å². The first kappa shape index (κ1) is 16.5. The molecule has 0 aromatic heterocycles. The van der Waals surface area contributed by atoms with Crippen LogP contribution in [0, 0.1) is 0 Å². The second-order valence-electron chi connectivity index (χ2n) is 1.66. The number of hydrogen-bond donors (Lipinski definition) is 0. The minimum atomic E-state index is -2.33. The molecule has 80 valence electrons. The molecule has 0 bridgehead atoms. The molecule has 0 unspecified atom stereocenters. The zero-order valence-electron chi connectivity index (χ0n) is 6.88. The minimum absolute atomic E-state index is 0. The molecular formula is C4H2CaO10. The first-order valence-corrected chi connectivity index (χ1v) is 2.65. The van der Waals surface area contributed by atoms with Gasteiger partial charge < -0.3 is 39.4 Å². The predicted octanol–water partition coefficient (Wildman–Crippen LogP) is -3.72. The molecule has 0 aromatic carbocycles. The second-order valence-corrected chi connectivity index (χ2v) is 1.66. The Labute approximate surface area is 111 Å². The van der Waals surface area contributed by atoms with E-state index in [9.17, 15) is 9.59 Å². The van der Waals surface area contributed by atoms with Gasteiger partial charge in [0.2, 0.25) is 0 Å². The van der Waals surface area contributed by atoms with Gasteiger partial charge in [0.25, 0.3) is 0 Å². The Hall–Kier alpha value is -0.970. The molecule has 1 spiro atoms. The Kier molecular flexibility index (Phi) is 6.36. The van der Waals surface area contributed by atoms with E-state index in [2.05, 4.69) is 18.9 Å². The fourth-order valence-corrected chi connectivity index (χ4v) is 0.507.